The summed E-state index contributed by atoms with van der Waals surface area (Å²) in [4.78, 5) is 36.6. The summed E-state index contributed by atoms with van der Waals surface area (Å²) in [7, 11) is 1.25. The van der Waals surface area contributed by atoms with Crippen molar-refractivity contribution in [2.45, 2.75) is 6.92 Å². The minimum absolute atomic E-state index is 0.175. The number of ether oxygens (including phenoxy) is 2. The maximum Gasteiger partial charge on any atom is 0.349 e. The Bertz CT molecular complexity index is 1070. The summed E-state index contributed by atoms with van der Waals surface area (Å²) < 4.78 is 15.3. The Balaban J connectivity index is 1.95. The smallest absolute Gasteiger partial charge is 0.349 e. The Morgan fingerprint density at radius 2 is 1.85 bits per heavy atom. The summed E-state index contributed by atoms with van der Waals surface area (Å²) in [6.45, 7) is 2.33. The van der Waals surface area contributed by atoms with Crippen LogP contribution in [0.15, 0.2) is 57.7 Å². The zero-order chi connectivity index (χ0) is 19.4. The van der Waals surface area contributed by atoms with Gasteiger partial charge in [0.25, 0.3) is 5.91 Å². The molecule has 3 rings (SSSR count). The molecule has 0 fully saturated rings. The van der Waals surface area contributed by atoms with Crippen molar-refractivity contribution in [2.24, 2.45) is 0 Å². The van der Waals surface area contributed by atoms with Crippen molar-refractivity contribution in [3.8, 4) is 5.75 Å². The van der Waals surface area contributed by atoms with Gasteiger partial charge in [0.1, 0.15) is 16.9 Å². The van der Waals surface area contributed by atoms with Gasteiger partial charge in [0.15, 0.2) is 0 Å². The molecule has 0 aliphatic rings. The second-order valence-electron chi connectivity index (χ2n) is 5.57. The first-order valence-electron chi connectivity index (χ1n) is 8.23. The largest absolute Gasteiger partial charge is 0.494 e. The number of carbonyl (C=O) groups excluding carboxylic acids is 2. The molecule has 0 aliphatic heterocycles. The fourth-order valence-electron chi connectivity index (χ4n) is 2.58. The number of rotatable bonds is 5. The van der Waals surface area contributed by atoms with Crippen LogP contribution in [0.25, 0.3) is 11.0 Å². The monoisotopic (exact) mass is 367 g/mol. The van der Waals surface area contributed by atoms with Crippen LogP contribution in [-0.4, -0.2) is 25.6 Å². The van der Waals surface area contributed by atoms with Gasteiger partial charge >= 0.3 is 11.6 Å². The molecule has 3 aromatic rings. The van der Waals surface area contributed by atoms with Crippen molar-refractivity contribution in [1.82, 2.24) is 0 Å². The van der Waals surface area contributed by atoms with Gasteiger partial charge in [-0.05, 0) is 37.3 Å². The molecule has 0 aliphatic carbocycles. The first-order chi connectivity index (χ1) is 13.0. The number of hydrogen-bond donors (Lipinski definition) is 1. The molecule has 0 saturated heterocycles. The van der Waals surface area contributed by atoms with Crippen LogP contribution < -0.4 is 15.7 Å². The fourth-order valence-corrected chi connectivity index (χ4v) is 2.58. The molecule has 1 amide bonds. The highest BCUT2D eigenvalue weighted by atomic mass is 16.5. The molecule has 7 heteroatoms. The molecule has 0 atom stereocenters. The minimum atomic E-state index is -0.788. The third-order valence-electron chi connectivity index (χ3n) is 3.84. The van der Waals surface area contributed by atoms with E-state index in [9.17, 15) is 14.4 Å². The standard InChI is InChI=1S/C20H17NO6/c1-3-26-13-9-8-12-10-15(20(24)27-17(12)11-13)18(22)21-16-7-5-4-6-14(16)19(23)25-2/h4-11H,3H2,1-2H3,(H,21,22). The summed E-state index contributed by atoms with van der Waals surface area (Å²) in [5.74, 6) is -0.715. The molecule has 1 N–H and O–H groups in total. The number of benzene rings is 2. The Kier molecular flexibility index (Phi) is 5.21. The Morgan fingerprint density at radius 3 is 2.59 bits per heavy atom. The second-order valence-corrected chi connectivity index (χ2v) is 5.57. The van der Waals surface area contributed by atoms with E-state index in [1.54, 1.807) is 36.4 Å². The lowest BCUT2D eigenvalue weighted by Gasteiger charge is -2.09. The van der Waals surface area contributed by atoms with Crippen LogP contribution in [0.5, 0.6) is 5.75 Å². The van der Waals surface area contributed by atoms with E-state index in [0.717, 1.165) is 0 Å². The van der Waals surface area contributed by atoms with Crippen LogP contribution in [0.2, 0.25) is 0 Å². The molecule has 0 spiro atoms. The van der Waals surface area contributed by atoms with E-state index in [-0.39, 0.29) is 16.8 Å². The number of amides is 1. The van der Waals surface area contributed by atoms with Gasteiger partial charge in [0, 0.05) is 11.5 Å². The molecule has 0 radical (unpaired) electrons. The zero-order valence-corrected chi connectivity index (χ0v) is 14.8. The first kappa shape index (κ1) is 18.2. The van der Waals surface area contributed by atoms with Crippen LogP contribution in [0.4, 0.5) is 5.69 Å². The number of fused-ring (bicyclic) bond motifs is 1. The second kappa shape index (κ2) is 7.74. The zero-order valence-electron chi connectivity index (χ0n) is 14.8. The van der Waals surface area contributed by atoms with Crippen molar-refractivity contribution in [1.29, 1.82) is 0 Å². The highest BCUT2D eigenvalue weighted by Gasteiger charge is 2.18. The van der Waals surface area contributed by atoms with Gasteiger partial charge in [0.2, 0.25) is 0 Å². The van der Waals surface area contributed by atoms with Crippen molar-refractivity contribution in [3.05, 3.63) is 70.1 Å². The number of nitrogens with one attached hydrogen (secondary N) is 1. The Morgan fingerprint density at radius 1 is 1.07 bits per heavy atom. The average molecular weight is 367 g/mol. The highest BCUT2D eigenvalue weighted by molar-refractivity contribution is 6.08. The normalized spacial score (nSPS) is 10.4. The molecule has 0 unspecified atom stereocenters. The molecular formula is C20H17NO6. The van der Waals surface area contributed by atoms with Crippen molar-refractivity contribution < 1.29 is 23.5 Å². The molecule has 0 bridgehead atoms. The summed E-state index contributed by atoms with van der Waals surface area (Å²) in [5, 5.41) is 3.13. The fraction of sp³-hybridized carbons (Fsp3) is 0.150. The molecule has 27 heavy (non-hydrogen) atoms. The quantitative estimate of drug-likeness (QED) is 0.549. The molecule has 1 heterocycles. The van der Waals surface area contributed by atoms with Gasteiger partial charge in [-0.3, -0.25) is 4.79 Å². The number of para-hydroxylation sites is 1. The third kappa shape index (κ3) is 3.82. The maximum atomic E-state index is 12.6. The van der Waals surface area contributed by atoms with E-state index in [1.165, 1.54) is 19.2 Å². The van der Waals surface area contributed by atoms with Gasteiger partial charge < -0.3 is 19.2 Å². The predicted octanol–water partition coefficient (Wildman–Crippen LogP) is 3.23. The van der Waals surface area contributed by atoms with Crippen LogP contribution in [0, 0.1) is 0 Å². The molecule has 1 aromatic heterocycles. The number of anilines is 1. The summed E-state index contributed by atoms with van der Waals surface area (Å²) in [5.41, 5.74) is -0.228. The van der Waals surface area contributed by atoms with Crippen LogP contribution in [-0.2, 0) is 4.74 Å². The maximum absolute atomic E-state index is 12.6. The van der Waals surface area contributed by atoms with Gasteiger partial charge in [-0.2, -0.15) is 0 Å². The lowest BCUT2D eigenvalue weighted by atomic mass is 10.1. The minimum Gasteiger partial charge on any atom is -0.494 e. The highest BCUT2D eigenvalue weighted by Crippen LogP contribution is 2.21. The van der Waals surface area contributed by atoms with Crippen LogP contribution >= 0.6 is 0 Å². The number of carbonyl (C=O) groups is 2. The topological polar surface area (TPSA) is 94.8 Å². The lowest BCUT2D eigenvalue weighted by molar-refractivity contribution is 0.0602. The van der Waals surface area contributed by atoms with Gasteiger partial charge in [-0.1, -0.05) is 12.1 Å². The van der Waals surface area contributed by atoms with E-state index in [1.807, 2.05) is 6.92 Å². The van der Waals surface area contributed by atoms with E-state index in [2.05, 4.69) is 5.32 Å². The van der Waals surface area contributed by atoms with Crippen molar-refractivity contribution in [2.75, 3.05) is 19.0 Å². The van der Waals surface area contributed by atoms with E-state index in [4.69, 9.17) is 13.9 Å². The predicted molar refractivity (Wildman–Crippen MR) is 99.4 cm³/mol. The summed E-state index contributed by atoms with van der Waals surface area (Å²) in [6.07, 6.45) is 0. The van der Waals surface area contributed by atoms with E-state index in [0.29, 0.717) is 23.3 Å². The van der Waals surface area contributed by atoms with Crippen LogP contribution in [0.3, 0.4) is 0 Å². The van der Waals surface area contributed by atoms with Crippen molar-refractivity contribution in [3.63, 3.8) is 0 Å². The molecule has 2 aromatic carbocycles. The van der Waals surface area contributed by atoms with Gasteiger partial charge in [0.05, 0.1) is 25.0 Å². The molecule has 7 nitrogen and oxygen atoms in total. The van der Waals surface area contributed by atoms with Crippen molar-refractivity contribution >= 4 is 28.5 Å². The molecule has 138 valence electrons. The van der Waals surface area contributed by atoms with Gasteiger partial charge in [-0.15, -0.1) is 0 Å². The Hall–Kier alpha value is -3.61. The molecular weight excluding hydrogens is 350 g/mol. The van der Waals surface area contributed by atoms with E-state index < -0.39 is 17.5 Å². The van der Waals surface area contributed by atoms with Gasteiger partial charge in [-0.25, -0.2) is 9.59 Å². The number of hydrogen-bond acceptors (Lipinski definition) is 6. The number of esters is 1. The summed E-state index contributed by atoms with van der Waals surface area (Å²) in [6, 6.07) is 12.8. The Labute approximate surface area is 154 Å². The summed E-state index contributed by atoms with van der Waals surface area (Å²) >= 11 is 0. The number of methoxy groups -OCH3 is 1. The van der Waals surface area contributed by atoms with E-state index >= 15 is 0 Å². The SMILES string of the molecule is CCOc1ccc2cc(C(=O)Nc3ccccc3C(=O)OC)c(=O)oc2c1. The average Bonchev–Trinajstić information content (AvgIpc) is 2.67. The first-order valence-corrected chi connectivity index (χ1v) is 8.23. The lowest BCUT2D eigenvalue weighted by Crippen LogP contribution is -2.22. The molecule has 0 saturated carbocycles. The van der Waals surface area contributed by atoms with Crippen LogP contribution in [0.1, 0.15) is 27.6 Å². The third-order valence-corrected chi connectivity index (χ3v) is 3.84.